The average molecular weight is 529 g/mol. The number of esters is 1. The van der Waals surface area contributed by atoms with Crippen molar-refractivity contribution in [3.8, 4) is 17.5 Å². The van der Waals surface area contributed by atoms with Crippen molar-refractivity contribution in [2.75, 3.05) is 31.0 Å². The van der Waals surface area contributed by atoms with Crippen LogP contribution in [0, 0.1) is 0 Å². The number of pyridine rings is 1. The van der Waals surface area contributed by atoms with Gasteiger partial charge in [0.2, 0.25) is 17.7 Å². The molecule has 37 heavy (non-hydrogen) atoms. The van der Waals surface area contributed by atoms with Gasteiger partial charge in [-0.3, -0.25) is 19.7 Å². The van der Waals surface area contributed by atoms with Crippen LogP contribution in [0.3, 0.4) is 0 Å². The number of benzene rings is 1. The average Bonchev–Trinajstić information content (AvgIpc) is 3.26. The fourth-order valence-corrected chi connectivity index (χ4v) is 3.81. The molecule has 2 aromatic heterocycles. The Morgan fingerprint density at radius 2 is 1.78 bits per heavy atom. The molecule has 1 atom stereocenters. The molecule has 11 nitrogen and oxygen atoms in total. The Hall–Kier alpha value is -4.03. The molecule has 0 fully saturated rings. The minimum Gasteiger partial charge on any atom is -0.472 e. The molecule has 12 heteroatoms. The Labute approximate surface area is 218 Å². The van der Waals surface area contributed by atoms with Gasteiger partial charge in [-0.05, 0) is 38.1 Å². The molecule has 0 aliphatic carbocycles. The Morgan fingerprint density at radius 1 is 1.05 bits per heavy atom. The van der Waals surface area contributed by atoms with Crippen LogP contribution in [0.4, 0.5) is 10.8 Å². The largest absolute Gasteiger partial charge is 0.472 e. The molecular weight excluding hydrogens is 500 g/mol. The lowest BCUT2D eigenvalue weighted by molar-refractivity contribution is -0.142. The first-order valence-electron chi connectivity index (χ1n) is 11.4. The maximum atomic E-state index is 13.0. The van der Waals surface area contributed by atoms with E-state index in [1.807, 2.05) is 0 Å². The molecule has 3 aromatic rings. The van der Waals surface area contributed by atoms with Crippen LogP contribution in [0.15, 0.2) is 41.8 Å². The summed E-state index contributed by atoms with van der Waals surface area (Å²) in [7, 11) is 1.56. The molecule has 1 aromatic carbocycles. The van der Waals surface area contributed by atoms with Crippen molar-refractivity contribution in [1.82, 2.24) is 9.97 Å². The number of rotatable bonds is 12. The van der Waals surface area contributed by atoms with Gasteiger partial charge in [0.05, 0.1) is 30.9 Å². The van der Waals surface area contributed by atoms with Crippen molar-refractivity contribution in [2.45, 2.75) is 33.3 Å². The van der Waals surface area contributed by atoms with Crippen molar-refractivity contribution in [2.24, 2.45) is 0 Å². The van der Waals surface area contributed by atoms with E-state index in [-0.39, 0.29) is 42.4 Å². The molecule has 0 aliphatic heterocycles. The number of nitrogens with zero attached hydrogens (tertiary/aromatic N) is 2. The lowest BCUT2D eigenvalue weighted by Crippen LogP contribution is -2.19. The van der Waals surface area contributed by atoms with E-state index in [1.54, 1.807) is 50.6 Å². The summed E-state index contributed by atoms with van der Waals surface area (Å²) < 4.78 is 21.7. The van der Waals surface area contributed by atoms with E-state index >= 15 is 0 Å². The number of thiazole rings is 1. The summed E-state index contributed by atoms with van der Waals surface area (Å²) in [5.41, 5.74) is 1.34. The number of anilines is 2. The Morgan fingerprint density at radius 3 is 2.46 bits per heavy atom. The van der Waals surface area contributed by atoms with Crippen LogP contribution in [0.2, 0.25) is 0 Å². The van der Waals surface area contributed by atoms with Crippen LogP contribution in [-0.2, 0) is 25.5 Å². The van der Waals surface area contributed by atoms with Crippen molar-refractivity contribution in [1.29, 1.82) is 0 Å². The zero-order valence-electron chi connectivity index (χ0n) is 20.9. The minimum atomic E-state index is -0.463. The molecule has 2 heterocycles. The summed E-state index contributed by atoms with van der Waals surface area (Å²) in [6.07, 6.45) is -0.311. The molecule has 0 spiro atoms. The third-order valence-electron chi connectivity index (χ3n) is 4.56. The maximum Gasteiger partial charge on any atom is 0.311 e. The van der Waals surface area contributed by atoms with Crippen LogP contribution in [0.25, 0.3) is 0 Å². The summed E-state index contributed by atoms with van der Waals surface area (Å²) in [5.74, 6) is -0.299. The Balaban J connectivity index is 1.79. The van der Waals surface area contributed by atoms with Gasteiger partial charge >= 0.3 is 5.97 Å². The summed E-state index contributed by atoms with van der Waals surface area (Å²) in [6.45, 7) is 5.56. The summed E-state index contributed by atoms with van der Waals surface area (Å²) in [4.78, 5) is 44.6. The van der Waals surface area contributed by atoms with Gasteiger partial charge in [-0.1, -0.05) is 0 Å². The van der Waals surface area contributed by atoms with E-state index in [9.17, 15) is 14.4 Å². The molecule has 0 radical (unpaired) electrons. The molecule has 196 valence electrons. The van der Waals surface area contributed by atoms with Crippen molar-refractivity contribution in [3.63, 3.8) is 0 Å². The molecule has 2 N–H and O–H groups in total. The summed E-state index contributed by atoms with van der Waals surface area (Å²) in [5, 5.41) is 7.40. The molecular formula is C25H28N4O7S. The highest BCUT2D eigenvalue weighted by molar-refractivity contribution is 7.14. The van der Waals surface area contributed by atoms with Gasteiger partial charge < -0.3 is 24.3 Å². The molecule has 0 bridgehead atoms. The van der Waals surface area contributed by atoms with Crippen LogP contribution in [0.1, 0.15) is 36.8 Å². The number of ether oxygens (including phenoxy) is 4. The third kappa shape index (κ3) is 8.85. The van der Waals surface area contributed by atoms with Crippen LogP contribution in [0.5, 0.6) is 17.5 Å². The quantitative estimate of drug-likeness (QED) is 0.333. The smallest absolute Gasteiger partial charge is 0.311 e. The van der Waals surface area contributed by atoms with Crippen LogP contribution >= 0.6 is 11.3 Å². The highest BCUT2D eigenvalue weighted by atomic mass is 32.1. The highest BCUT2D eigenvalue weighted by Gasteiger charge is 2.16. The van der Waals surface area contributed by atoms with Crippen LogP contribution < -0.4 is 20.1 Å². The monoisotopic (exact) mass is 528 g/mol. The third-order valence-corrected chi connectivity index (χ3v) is 5.37. The van der Waals surface area contributed by atoms with Gasteiger partial charge in [0.15, 0.2) is 5.13 Å². The van der Waals surface area contributed by atoms with E-state index < -0.39 is 11.9 Å². The number of aromatic nitrogens is 2. The predicted octanol–water partition coefficient (Wildman–Crippen LogP) is 4.06. The zero-order valence-corrected chi connectivity index (χ0v) is 21.7. The minimum absolute atomic E-state index is 0.0174. The number of amides is 2. The molecule has 0 saturated carbocycles. The molecule has 0 saturated heterocycles. The van der Waals surface area contributed by atoms with Gasteiger partial charge in [0, 0.05) is 37.2 Å². The summed E-state index contributed by atoms with van der Waals surface area (Å²) in [6, 6.07) is 9.64. The fourth-order valence-electron chi connectivity index (χ4n) is 3.10. The van der Waals surface area contributed by atoms with E-state index in [2.05, 4.69) is 20.6 Å². The SMILES string of the molecule is CCOC(=O)Cc1csc(NC(=O)c2cc(Oc3ccc(NC(C)=O)cc3)nc(O[C@H](C)COC)c2)n1. The second kappa shape index (κ2) is 13.3. The second-order valence-corrected chi connectivity index (χ2v) is 8.66. The fraction of sp³-hybridized carbons (Fsp3) is 0.320. The van der Waals surface area contributed by atoms with Crippen molar-refractivity contribution >= 4 is 39.9 Å². The van der Waals surface area contributed by atoms with Crippen molar-refractivity contribution < 1.29 is 33.3 Å². The van der Waals surface area contributed by atoms with Crippen molar-refractivity contribution in [3.05, 3.63) is 53.0 Å². The summed E-state index contributed by atoms with van der Waals surface area (Å²) >= 11 is 1.19. The van der Waals surface area contributed by atoms with Gasteiger partial charge in [-0.2, -0.15) is 4.98 Å². The molecule has 0 aliphatic rings. The van der Waals surface area contributed by atoms with Crippen LogP contribution in [-0.4, -0.2) is 54.2 Å². The first kappa shape index (κ1) is 27.6. The van der Waals surface area contributed by atoms with E-state index in [0.717, 1.165) is 0 Å². The second-order valence-electron chi connectivity index (χ2n) is 7.80. The normalized spacial score (nSPS) is 11.4. The number of methoxy groups -OCH3 is 1. The zero-order chi connectivity index (χ0) is 26.8. The Kier molecular flexibility index (Phi) is 9.92. The number of carbonyl (C=O) groups is 3. The lowest BCUT2D eigenvalue weighted by atomic mass is 10.2. The number of carbonyl (C=O) groups excluding carboxylic acids is 3. The van der Waals surface area contributed by atoms with E-state index in [0.29, 0.717) is 28.9 Å². The van der Waals surface area contributed by atoms with Gasteiger partial charge in [0.25, 0.3) is 5.91 Å². The molecule has 2 amide bonds. The first-order chi connectivity index (χ1) is 17.7. The van der Waals surface area contributed by atoms with Gasteiger partial charge in [0.1, 0.15) is 11.9 Å². The maximum absolute atomic E-state index is 13.0. The van der Waals surface area contributed by atoms with Gasteiger partial charge in [-0.25, -0.2) is 4.98 Å². The number of hydrogen-bond acceptors (Lipinski definition) is 10. The first-order valence-corrected chi connectivity index (χ1v) is 12.3. The van der Waals surface area contributed by atoms with Gasteiger partial charge in [-0.15, -0.1) is 11.3 Å². The van der Waals surface area contributed by atoms with E-state index in [4.69, 9.17) is 18.9 Å². The molecule has 0 unspecified atom stereocenters. The van der Waals surface area contributed by atoms with E-state index in [1.165, 1.54) is 30.4 Å². The Bertz CT molecular complexity index is 1230. The highest BCUT2D eigenvalue weighted by Crippen LogP contribution is 2.26. The lowest BCUT2D eigenvalue weighted by Gasteiger charge is -2.15. The predicted molar refractivity (Wildman–Crippen MR) is 137 cm³/mol. The standard InChI is InChI=1S/C25H28N4O7S/c1-5-34-23(31)12-19-14-37-25(27-19)29-24(32)17-10-21(35-15(2)13-33-4)28-22(11-17)36-20-8-6-18(7-9-20)26-16(3)30/h6-11,14-15H,5,12-13H2,1-4H3,(H,26,30)(H,27,29,32)/t15-/m1/s1. The molecule has 3 rings (SSSR count). The topological polar surface area (TPSA) is 138 Å². The number of hydrogen-bond donors (Lipinski definition) is 2. The number of nitrogens with one attached hydrogen (secondary N) is 2.